The molecule has 2 amide bonds. The number of anilines is 1. The highest BCUT2D eigenvalue weighted by Crippen LogP contribution is 2.34. The molecule has 1 atom stereocenters. The molecule has 1 fully saturated rings. The SMILES string of the molecule is CC1C(=O)NC(C)(C)C(=O)N1c1ccccc1OC(F)F. The highest BCUT2D eigenvalue weighted by Gasteiger charge is 2.44. The molecule has 0 aromatic heterocycles. The predicted molar refractivity (Wildman–Crippen MR) is 72.2 cm³/mol. The van der Waals surface area contributed by atoms with Gasteiger partial charge in [0.1, 0.15) is 17.3 Å². The average Bonchev–Trinajstić information content (AvgIpc) is 2.38. The van der Waals surface area contributed by atoms with Crippen LogP contribution in [0.5, 0.6) is 5.75 Å². The molecule has 1 heterocycles. The minimum atomic E-state index is -3.01. The third-order valence-electron chi connectivity index (χ3n) is 3.30. The number of amides is 2. The standard InChI is InChI=1S/C14H16F2N2O3/c1-8-11(19)17-14(2,3)12(20)18(8)9-6-4-5-7-10(9)21-13(15)16/h4-8,13H,1-3H3,(H,17,19). The first kappa shape index (κ1) is 15.2. The van der Waals surface area contributed by atoms with Crippen molar-refractivity contribution in [3.63, 3.8) is 0 Å². The van der Waals surface area contributed by atoms with Crippen LogP contribution in [0.15, 0.2) is 24.3 Å². The monoisotopic (exact) mass is 298 g/mol. The molecule has 5 nitrogen and oxygen atoms in total. The van der Waals surface area contributed by atoms with Crippen LogP contribution in [0.3, 0.4) is 0 Å². The summed E-state index contributed by atoms with van der Waals surface area (Å²) < 4.78 is 29.4. The number of halogens is 2. The molecule has 1 aromatic rings. The second kappa shape index (κ2) is 5.31. The molecular weight excluding hydrogens is 282 g/mol. The number of nitrogens with zero attached hydrogens (tertiary/aromatic N) is 1. The van der Waals surface area contributed by atoms with Gasteiger partial charge in [-0.05, 0) is 32.9 Å². The lowest BCUT2D eigenvalue weighted by molar-refractivity contribution is -0.136. The Morgan fingerprint density at radius 3 is 2.52 bits per heavy atom. The number of hydrogen-bond acceptors (Lipinski definition) is 3. The van der Waals surface area contributed by atoms with E-state index in [1.807, 2.05) is 0 Å². The zero-order chi connectivity index (χ0) is 15.8. The van der Waals surface area contributed by atoms with Gasteiger partial charge in [-0.3, -0.25) is 14.5 Å². The van der Waals surface area contributed by atoms with Crippen molar-refractivity contribution in [1.82, 2.24) is 5.32 Å². The first-order chi connectivity index (χ1) is 9.74. The van der Waals surface area contributed by atoms with Gasteiger partial charge in [0, 0.05) is 0 Å². The molecule has 2 rings (SSSR count). The molecule has 0 saturated carbocycles. The van der Waals surface area contributed by atoms with E-state index in [-0.39, 0.29) is 23.3 Å². The van der Waals surface area contributed by atoms with Gasteiger partial charge < -0.3 is 10.1 Å². The van der Waals surface area contributed by atoms with Crippen molar-refractivity contribution in [3.05, 3.63) is 24.3 Å². The van der Waals surface area contributed by atoms with E-state index in [9.17, 15) is 18.4 Å². The molecule has 0 bridgehead atoms. The van der Waals surface area contributed by atoms with Crippen LogP contribution < -0.4 is 15.0 Å². The molecule has 0 aliphatic carbocycles. The number of alkyl halides is 2. The number of nitrogens with one attached hydrogen (secondary N) is 1. The van der Waals surface area contributed by atoms with Crippen LogP contribution in [0.4, 0.5) is 14.5 Å². The van der Waals surface area contributed by atoms with Crippen LogP contribution in [0.2, 0.25) is 0 Å². The van der Waals surface area contributed by atoms with Crippen LogP contribution in [0.25, 0.3) is 0 Å². The summed E-state index contributed by atoms with van der Waals surface area (Å²) in [6.45, 7) is 1.63. The minimum absolute atomic E-state index is 0.141. The third-order valence-corrected chi connectivity index (χ3v) is 3.30. The van der Waals surface area contributed by atoms with Crippen molar-refractivity contribution >= 4 is 17.5 Å². The summed E-state index contributed by atoms with van der Waals surface area (Å²) in [6.07, 6.45) is 0. The molecule has 7 heteroatoms. The van der Waals surface area contributed by atoms with Gasteiger partial charge in [0.15, 0.2) is 0 Å². The van der Waals surface area contributed by atoms with Crippen LogP contribution in [0, 0.1) is 0 Å². The molecular formula is C14H16F2N2O3. The van der Waals surface area contributed by atoms with Crippen molar-refractivity contribution in [2.24, 2.45) is 0 Å². The normalized spacial score (nSPS) is 21.4. The fourth-order valence-corrected chi connectivity index (χ4v) is 2.23. The van der Waals surface area contributed by atoms with E-state index in [1.165, 1.54) is 30.0 Å². The van der Waals surface area contributed by atoms with E-state index in [0.717, 1.165) is 0 Å². The van der Waals surface area contributed by atoms with E-state index in [0.29, 0.717) is 0 Å². The summed E-state index contributed by atoms with van der Waals surface area (Å²) >= 11 is 0. The quantitative estimate of drug-likeness (QED) is 0.927. The Bertz CT molecular complexity index is 575. The number of carbonyl (C=O) groups excluding carboxylic acids is 2. The number of ether oxygens (including phenoxy) is 1. The predicted octanol–water partition coefficient (Wildman–Crippen LogP) is 1.92. The number of rotatable bonds is 3. The second-order valence-electron chi connectivity index (χ2n) is 5.31. The van der Waals surface area contributed by atoms with Gasteiger partial charge in [-0.1, -0.05) is 12.1 Å². The lowest BCUT2D eigenvalue weighted by atomic mass is 9.96. The Morgan fingerprint density at radius 1 is 1.29 bits per heavy atom. The summed E-state index contributed by atoms with van der Waals surface area (Å²) in [6, 6.07) is 5.11. The molecule has 0 radical (unpaired) electrons. The largest absolute Gasteiger partial charge is 0.433 e. The lowest BCUT2D eigenvalue weighted by Crippen LogP contribution is -2.67. The topological polar surface area (TPSA) is 58.6 Å². The molecule has 1 aromatic carbocycles. The van der Waals surface area contributed by atoms with Gasteiger partial charge in [0.25, 0.3) is 5.91 Å². The van der Waals surface area contributed by atoms with E-state index in [1.54, 1.807) is 19.9 Å². The van der Waals surface area contributed by atoms with Crippen molar-refractivity contribution in [2.75, 3.05) is 4.90 Å². The maximum Gasteiger partial charge on any atom is 0.387 e. The average molecular weight is 298 g/mol. The third kappa shape index (κ3) is 2.81. The van der Waals surface area contributed by atoms with Crippen molar-refractivity contribution in [1.29, 1.82) is 0 Å². The van der Waals surface area contributed by atoms with Gasteiger partial charge in [0.2, 0.25) is 5.91 Å². The molecule has 0 spiro atoms. The Hall–Kier alpha value is -2.18. The number of carbonyl (C=O) groups is 2. The van der Waals surface area contributed by atoms with Gasteiger partial charge >= 0.3 is 6.61 Å². The Labute approximate surface area is 120 Å². The van der Waals surface area contributed by atoms with Crippen LogP contribution in [0.1, 0.15) is 20.8 Å². The summed E-state index contributed by atoms with van der Waals surface area (Å²) in [5.41, 5.74) is -0.958. The maximum absolute atomic E-state index is 12.5. The maximum atomic E-state index is 12.5. The molecule has 1 saturated heterocycles. The fourth-order valence-electron chi connectivity index (χ4n) is 2.23. The van der Waals surface area contributed by atoms with Crippen molar-refractivity contribution in [3.8, 4) is 5.75 Å². The number of hydrogen-bond donors (Lipinski definition) is 1. The summed E-state index contributed by atoms with van der Waals surface area (Å²) in [5.74, 6) is -0.885. The zero-order valence-corrected chi connectivity index (χ0v) is 11.9. The smallest absolute Gasteiger partial charge is 0.387 e. The Morgan fingerprint density at radius 2 is 1.90 bits per heavy atom. The van der Waals surface area contributed by atoms with Crippen molar-refractivity contribution in [2.45, 2.75) is 39.0 Å². The van der Waals surface area contributed by atoms with Crippen LogP contribution in [-0.2, 0) is 9.59 Å². The molecule has 1 unspecified atom stereocenters. The highest BCUT2D eigenvalue weighted by molar-refractivity contribution is 6.10. The van der Waals surface area contributed by atoms with Gasteiger partial charge in [0.05, 0.1) is 5.69 Å². The lowest BCUT2D eigenvalue weighted by Gasteiger charge is -2.41. The van der Waals surface area contributed by atoms with Crippen LogP contribution >= 0.6 is 0 Å². The molecule has 1 aliphatic rings. The second-order valence-corrected chi connectivity index (χ2v) is 5.31. The fraction of sp³-hybridized carbons (Fsp3) is 0.429. The van der Waals surface area contributed by atoms with E-state index >= 15 is 0 Å². The van der Waals surface area contributed by atoms with E-state index < -0.39 is 18.2 Å². The molecule has 1 aliphatic heterocycles. The van der Waals surface area contributed by atoms with E-state index in [2.05, 4.69) is 10.1 Å². The van der Waals surface area contributed by atoms with Gasteiger partial charge in [-0.25, -0.2) is 0 Å². The molecule has 21 heavy (non-hydrogen) atoms. The minimum Gasteiger partial charge on any atom is -0.433 e. The summed E-state index contributed by atoms with van der Waals surface area (Å²) in [7, 11) is 0. The number of benzene rings is 1. The molecule has 1 N–H and O–H groups in total. The number of piperazine rings is 1. The zero-order valence-electron chi connectivity index (χ0n) is 11.9. The first-order valence-corrected chi connectivity index (χ1v) is 6.43. The first-order valence-electron chi connectivity index (χ1n) is 6.43. The summed E-state index contributed by atoms with van der Waals surface area (Å²) in [5, 5.41) is 2.60. The van der Waals surface area contributed by atoms with E-state index in [4.69, 9.17) is 0 Å². The molecule has 114 valence electrons. The van der Waals surface area contributed by atoms with Gasteiger partial charge in [-0.2, -0.15) is 8.78 Å². The van der Waals surface area contributed by atoms with Gasteiger partial charge in [-0.15, -0.1) is 0 Å². The van der Waals surface area contributed by atoms with Crippen LogP contribution in [-0.4, -0.2) is 30.0 Å². The number of para-hydroxylation sites is 2. The highest BCUT2D eigenvalue weighted by atomic mass is 19.3. The Kier molecular flexibility index (Phi) is 3.85. The van der Waals surface area contributed by atoms with Crippen molar-refractivity contribution < 1.29 is 23.1 Å². The Balaban J connectivity index is 2.48. The summed E-state index contributed by atoms with van der Waals surface area (Å²) in [4.78, 5) is 25.7.